The Balaban J connectivity index is 1.97. The van der Waals surface area contributed by atoms with Crippen LogP contribution < -0.4 is 10.6 Å². The fraction of sp³-hybridized carbons (Fsp3) is 0.154. The van der Waals surface area contributed by atoms with Crippen molar-refractivity contribution in [2.24, 2.45) is 0 Å². The van der Waals surface area contributed by atoms with Gasteiger partial charge in [-0.2, -0.15) is 0 Å². The summed E-state index contributed by atoms with van der Waals surface area (Å²) in [6, 6.07) is 3.20. The van der Waals surface area contributed by atoms with Gasteiger partial charge in [-0.3, -0.25) is 5.32 Å². The first-order valence-electron chi connectivity index (χ1n) is 6.15. The smallest absolute Gasteiger partial charge is 0.357 e. The molecule has 0 saturated carbocycles. The number of ether oxygens (including phenoxy) is 1. The second-order valence-corrected chi connectivity index (χ2v) is 5.23. The van der Waals surface area contributed by atoms with Crippen LogP contribution in [0.2, 0.25) is 5.02 Å². The summed E-state index contributed by atoms with van der Waals surface area (Å²) < 4.78 is 17.8. The topological polar surface area (TPSA) is 80.3 Å². The van der Waals surface area contributed by atoms with E-state index in [1.54, 1.807) is 6.92 Å². The predicted molar refractivity (Wildman–Crippen MR) is 82.1 cm³/mol. The molecule has 1 aromatic carbocycles. The number of esters is 1. The predicted octanol–water partition coefficient (Wildman–Crippen LogP) is 3.76. The van der Waals surface area contributed by atoms with Crippen LogP contribution in [0.15, 0.2) is 23.6 Å². The van der Waals surface area contributed by atoms with Crippen molar-refractivity contribution in [2.45, 2.75) is 6.92 Å². The van der Waals surface area contributed by atoms with Gasteiger partial charge in [-0.15, -0.1) is 11.3 Å². The van der Waals surface area contributed by atoms with E-state index in [2.05, 4.69) is 15.6 Å². The third-order valence-corrected chi connectivity index (χ3v) is 3.43. The molecule has 0 unspecified atom stereocenters. The number of amides is 2. The second kappa shape index (κ2) is 7.19. The molecule has 1 heterocycles. The minimum absolute atomic E-state index is 0.100. The molecule has 0 saturated heterocycles. The van der Waals surface area contributed by atoms with Crippen LogP contribution in [-0.4, -0.2) is 23.6 Å². The number of nitrogens with zero attached hydrogens (tertiary/aromatic N) is 1. The summed E-state index contributed by atoms with van der Waals surface area (Å²) in [5, 5.41) is 6.53. The maximum atomic E-state index is 13.0. The highest BCUT2D eigenvalue weighted by atomic mass is 35.5. The van der Waals surface area contributed by atoms with Crippen LogP contribution in [0, 0.1) is 5.82 Å². The summed E-state index contributed by atoms with van der Waals surface area (Å²) in [6.45, 7) is 1.93. The molecular formula is C13H11ClFN3O3S. The van der Waals surface area contributed by atoms with Gasteiger partial charge in [-0.05, 0) is 25.1 Å². The van der Waals surface area contributed by atoms with E-state index >= 15 is 0 Å². The lowest BCUT2D eigenvalue weighted by atomic mass is 10.3. The van der Waals surface area contributed by atoms with Crippen LogP contribution in [-0.2, 0) is 4.74 Å². The molecule has 0 aliphatic carbocycles. The van der Waals surface area contributed by atoms with Crippen LogP contribution in [0.1, 0.15) is 17.4 Å². The van der Waals surface area contributed by atoms with Gasteiger partial charge in [-0.1, -0.05) is 11.6 Å². The summed E-state index contributed by atoms with van der Waals surface area (Å²) in [7, 11) is 0. The van der Waals surface area contributed by atoms with Gasteiger partial charge in [0.15, 0.2) is 10.8 Å². The number of carbonyl (C=O) groups is 2. The quantitative estimate of drug-likeness (QED) is 0.828. The Bertz CT molecular complexity index is 708. The van der Waals surface area contributed by atoms with E-state index in [9.17, 15) is 14.0 Å². The molecule has 0 aliphatic heterocycles. The van der Waals surface area contributed by atoms with E-state index in [4.69, 9.17) is 16.3 Å². The lowest BCUT2D eigenvalue weighted by Crippen LogP contribution is -2.19. The minimum atomic E-state index is -0.590. The van der Waals surface area contributed by atoms with E-state index < -0.39 is 17.8 Å². The molecule has 0 aliphatic rings. The third kappa shape index (κ3) is 4.15. The van der Waals surface area contributed by atoms with Crippen molar-refractivity contribution in [3.05, 3.63) is 40.1 Å². The van der Waals surface area contributed by atoms with Crippen molar-refractivity contribution >= 4 is 45.8 Å². The zero-order valence-electron chi connectivity index (χ0n) is 11.4. The number of hydrogen-bond acceptors (Lipinski definition) is 5. The molecule has 1 aromatic heterocycles. The Morgan fingerprint density at radius 3 is 2.86 bits per heavy atom. The molecular weight excluding hydrogens is 333 g/mol. The molecule has 0 spiro atoms. The first-order chi connectivity index (χ1) is 10.5. The fourth-order valence-electron chi connectivity index (χ4n) is 1.46. The number of urea groups is 1. The zero-order chi connectivity index (χ0) is 16.1. The highest BCUT2D eigenvalue weighted by Crippen LogP contribution is 2.20. The minimum Gasteiger partial charge on any atom is -0.461 e. The largest absolute Gasteiger partial charge is 0.461 e. The molecule has 2 amide bonds. The molecule has 22 heavy (non-hydrogen) atoms. The van der Waals surface area contributed by atoms with Gasteiger partial charge in [0, 0.05) is 11.1 Å². The lowest BCUT2D eigenvalue weighted by molar-refractivity contribution is 0.0520. The lowest BCUT2D eigenvalue weighted by Gasteiger charge is -2.06. The first-order valence-corrected chi connectivity index (χ1v) is 7.41. The Hall–Kier alpha value is -2.19. The Kier molecular flexibility index (Phi) is 5.29. The van der Waals surface area contributed by atoms with Crippen molar-refractivity contribution in [2.75, 3.05) is 17.2 Å². The van der Waals surface area contributed by atoms with Gasteiger partial charge in [0.25, 0.3) is 0 Å². The summed E-state index contributed by atoms with van der Waals surface area (Å²) in [5.74, 6) is -1.14. The molecule has 0 radical (unpaired) electrons. The number of halogens is 2. The van der Waals surface area contributed by atoms with E-state index in [0.717, 1.165) is 17.4 Å². The standard InChI is InChI=1S/C13H11ClFN3O3S/c1-2-21-11(19)10-6-22-13(17-10)18-12(20)16-7-3-4-9(15)8(14)5-7/h3-6H,2H2,1H3,(H2,16,17,18,20). The van der Waals surface area contributed by atoms with Gasteiger partial charge < -0.3 is 10.1 Å². The average molecular weight is 344 g/mol. The Morgan fingerprint density at radius 2 is 2.18 bits per heavy atom. The third-order valence-electron chi connectivity index (χ3n) is 2.39. The summed E-state index contributed by atoms with van der Waals surface area (Å²) >= 11 is 6.70. The Morgan fingerprint density at radius 1 is 1.41 bits per heavy atom. The highest BCUT2D eigenvalue weighted by Gasteiger charge is 2.13. The van der Waals surface area contributed by atoms with Gasteiger partial charge in [-0.25, -0.2) is 19.0 Å². The number of benzene rings is 1. The molecule has 0 bridgehead atoms. The summed E-state index contributed by atoms with van der Waals surface area (Å²) in [4.78, 5) is 27.2. The SMILES string of the molecule is CCOC(=O)c1csc(NC(=O)Nc2ccc(F)c(Cl)c2)n1. The normalized spacial score (nSPS) is 10.1. The molecule has 0 fully saturated rings. The number of thiazole rings is 1. The zero-order valence-corrected chi connectivity index (χ0v) is 12.9. The number of rotatable bonds is 4. The number of carbonyl (C=O) groups excluding carboxylic acids is 2. The van der Waals surface area contributed by atoms with E-state index in [1.807, 2.05) is 0 Å². The summed E-state index contributed by atoms with van der Waals surface area (Å²) in [5.41, 5.74) is 0.443. The first kappa shape index (κ1) is 16.2. The van der Waals surface area contributed by atoms with Gasteiger partial charge in [0.2, 0.25) is 0 Å². The fourth-order valence-corrected chi connectivity index (χ4v) is 2.32. The molecule has 0 atom stereocenters. The number of aromatic nitrogens is 1. The molecule has 116 valence electrons. The van der Waals surface area contributed by atoms with Crippen molar-refractivity contribution in [3.63, 3.8) is 0 Å². The number of anilines is 2. The van der Waals surface area contributed by atoms with Gasteiger partial charge in [0.05, 0.1) is 11.6 Å². The van der Waals surface area contributed by atoms with Crippen molar-refractivity contribution in [1.29, 1.82) is 0 Å². The molecule has 2 N–H and O–H groups in total. The second-order valence-electron chi connectivity index (χ2n) is 3.97. The van der Waals surface area contributed by atoms with Crippen LogP contribution in [0.25, 0.3) is 0 Å². The van der Waals surface area contributed by atoms with Crippen LogP contribution in [0.4, 0.5) is 20.0 Å². The van der Waals surface area contributed by atoms with Gasteiger partial charge >= 0.3 is 12.0 Å². The van der Waals surface area contributed by atoms with Crippen LogP contribution in [0.5, 0.6) is 0 Å². The number of nitrogens with one attached hydrogen (secondary N) is 2. The maximum absolute atomic E-state index is 13.0. The van der Waals surface area contributed by atoms with Crippen molar-refractivity contribution in [3.8, 4) is 0 Å². The van der Waals surface area contributed by atoms with E-state index in [0.29, 0.717) is 5.69 Å². The molecule has 2 rings (SSSR count). The van der Waals surface area contributed by atoms with Crippen LogP contribution >= 0.6 is 22.9 Å². The Labute approximate surface area is 134 Å². The van der Waals surface area contributed by atoms with Crippen molar-refractivity contribution < 1.29 is 18.7 Å². The molecule has 2 aromatic rings. The average Bonchev–Trinajstić information content (AvgIpc) is 2.91. The van der Waals surface area contributed by atoms with Crippen LogP contribution in [0.3, 0.4) is 0 Å². The highest BCUT2D eigenvalue weighted by molar-refractivity contribution is 7.14. The molecule has 9 heteroatoms. The monoisotopic (exact) mass is 343 g/mol. The van der Waals surface area contributed by atoms with Crippen molar-refractivity contribution in [1.82, 2.24) is 4.98 Å². The van der Waals surface area contributed by atoms with Gasteiger partial charge in [0.1, 0.15) is 5.82 Å². The molecule has 6 nitrogen and oxygen atoms in total. The maximum Gasteiger partial charge on any atom is 0.357 e. The number of hydrogen-bond donors (Lipinski definition) is 2. The van der Waals surface area contributed by atoms with E-state index in [-0.39, 0.29) is 22.5 Å². The summed E-state index contributed by atoms with van der Waals surface area (Å²) in [6.07, 6.45) is 0. The van der Waals surface area contributed by atoms with E-state index in [1.165, 1.54) is 17.5 Å².